The molecule has 1 aromatic rings. The van der Waals surface area contributed by atoms with Gasteiger partial charge in [0.1, 0.15) is 0 Å². The Bertz CT molecular complexity index is 551. The smallest absolute Gasteiger partial charge is 0.243 e. The van der Waals surface area contributed by atoms with E-state index in [9.17, 15) is 8.42 Å². The highest BCUT2D eigenvalue weighted by Crippen LogP contribution is 2.30. The number of sulfonamides is 1. The van der Waals surface area contributed by atoms with Crippen LogP contribution in [0.4, 0.5) is 0 Å². The van der Waals surface area contributed by atoms with E-state index in [1.807, 2.05) is 19.2 Å². The summed E-state index contributed by atoms with van der Waals surface area (Å²) >= 11 is 1.54. The van der Waals surface area contributed by atoms with Crippen LogP contribution >= 0.6 is 24.2 Å². The monoisotopic (exact) mass is 336 g/mol. The number of rotatable bonds is 4. The van der Waals surface area contributed by atoms with Crippen LogP contribution in [0, 0.1) is 5.92 Å². The molecule has 0 saturated carbocycles. The molecule has 114 valence electrons. The van der Waals surface area contributed by atoms with E-state index in [1.165, 1.54) is 0 Å². The molecule has 0 amide bonds. The van der Waals surface area contributed by atoms with Gasteiger partial charge in [-0.1, -0.05) is 6.07 Å². The summed E-state index contributed by atoms with van der Waals surface area (Å²) in [6.07, 6.45) is 2.78. The van der Waals surface area contributed by atoms with Gasteiger partial charge >= 0.3 is 0 Å². The van der Waals surface area contributed by atoms with Crippen molar-refractivity contribution in [3.63, 3.8) is 0 Å². The van der Waals surface area contributed by atoms with Crippen LogP contribution in [0.5, 0.6) is 0 Å². The average molecular weight is 337 g/mol. The average Bonchev–Trinajstić information content (AvgIpc) is 2.81. The third kappa shape index (κ3) is 3.49. The van der Waals surface area contributed by atoms with Crippen LogP contribution in [-0.2, 0) is 10.0 Å². The number of thioether (sulfide) groups is 1. The summed E-state index contributed by atoms with van der Waals surface area (Å²) in [6, 6.07) is 7.14. The van der Waals surface area contributed by atoms with Crippen molar-refractivity contribution in [3.05, 3.63) is 24.3 Å². The van der Waals surface area contributed by atoms with Crippen LogP contribution in [0.2, 0.25) is 0 Å². The first-order valence-corrected chi connectivity index (χ1v) is 9.01. The third-order valence-electron chi connectivity index (χ3n) is 3.59. The van der Waals surface area contributed by atoms with Gasteiger partial charge in [-0.2, -0.15) is 4.31 Å². The fraction of sp³-hybridized carbons (Fsp3) is 0.538. The molecule has 2 unspecified atom stereocenters. The molecule has 1 saturated heterocycles. The minimum absolute atomic E-state index is 0. The number of benzene rings is 1. The Labute approximate surface area is 131 Å². The molecule has 7 heteroatoms. The van der Waals surface area contributed by atoms with Gasteiger partial charge in [0.2, 0.25) is 10.0 Å². The summed E-state index contributed by atoms with van der Waals surface area (Å²) in [5.74, 6) is 0.272. The van der Waals surface area contributed by atoms with E-state index in [0.29, 0.717) is 18.0 Å². The molecule has 2 rings (SSSR count). The maximum atomic E-state index is 12.7. The summed E-state index contributed by atoms with van der Waals surface area (Å²) in [5, 5.41) is 0. The lowest BCUT2D eigenvalue weighted by atomic mass is 10.1. The lowest BCUT2D eigenvalue weighted by molar-refractivity contribution is 0.404. The van der Waals surface area contributed by atoms with Gasteiger partial charge in [-0.25, -0.2) is 8.42 Å². The number of hydrogen-bond donors (Lipinski definition) is 1. The quantitative estimate of drug-likeness (QED) is 0.856. The molecule has 1 aliphatic rings. The number of nitrogens with two attached hydrogens (primary N) is 1. The summed E-state index contributed by atoms with van der Waals surface area (Å²) in [7, 11) is -3.40. The van der Waals surface area contributed by atoms with Crippen LogP contribution in [0.1, 0.15) is 13.3 Å². The topological polar surface area (TPSA) is 63.4 Å². The van der Waals surface area contributed by atoms with Gasteiger partial charge in [-0.05, 0) is 50.3 Å². The second kappa shape index (κ2) is 7.13. The largest absolute Gasteiger partial charge is 0.330 e. The first-order valence-electron chi connectivity index (χ1n) is 6.35. The molecule has 1 fully saturated rings. The molecular formula is C13H21ClN2O2S2. The molecule has 2 N–H and O–H groups in total. The highest BCUT2D eigenvalue weighted by molar-refractivity contribution is 7.98. The van der Waals surface area contributed by atoms with E-state index in [0.717, 1.165) is 11.3 Å². The molecule has 4 nitrogen and oxygen atoms in total. The van der Waals surface area contributed by atoms with Crippen molar-refractivity contribution in [1.29, 1.82) is 0 Å². The van der Waals surface area contributed by atoms with E-state index in [1.54, 1.807) is 34.3 Å². The molecule has 20 heavy (non-hydrogen) atoms. The zero-order chi connectivity index (χ0) is 14.0. The highest BCUT2D eigenvalue weighted by atomic mass is 35.5. The lowest BCUT2D eigenvalue weighted by Crippen LogP contribution is -2.34. The van der Waals surface area contributed by atoms with Gasteiger partial charge in [-0.15, -0.1) is 24.2 Å². The van der Waals surface area contributed by atoms with Crippen LogP contribution < -0.4 is 5.73 Å². The van der Waals surface area contributed by atoms with Crippen molar-refractivity contribution in [2.45, 2.75) is 29.2 Å². The second-order valence-electron chi connectivity index (χ2n) is 4.94. The molecule has 1 aliphatic heterocycles. The van der Waals surface area contributed by atoms with E-state index in [4.69, 9.17) is 5.73 Å². The minimum atomic E-state index is -3.40. The number of halogens is 1. The first kappa shape index (κ1) is 17.8. The summed E-state index contributed by atoms with van der Waals surface area (Å²) in [6.45, 7) is 3.02. The van der Waals surface area contributed by atoms with Crippen molar-refractivity contribution >= 4 is 34.2 Å². The number of nitrogens with zero attached hydrogens (tertiary/aromatic N) is 1. The molecule has 2 atom stereocenters. The van der Waals surface area contributed by atoms with Crippen molar-refractivity contribution in [3.8, 4) is 0 Å². The molecule has 0 spiro atoms. The molecule has 0 bridgehead atoms. The van der Waals surface area contributed by atoms with Gasteiger partial charge in [0.05, 0.1) is 4.90 Å². The lowest BCUT2D eigenvalue weighted by Gasteiger charge is -2.21. The Balaban J connectivity index is 0.00000200. The predicted molar refractivity (Wildman–Crippen MR) is 86.0 cm³/mol. The fourth-order valence-electron chi connectivity index (χ4n) is 2.51. The van der Waals surface area contributed by atoms with Crippen LogP contribution in [-0.4, -0.2) is 38.1 Å². The molecule has 0 aliphatic carbocycles. The normalized spacial score (nSPS) is 23.6. The van der Waals surface area contributed by atoms with E-state index >= 15 is 0 Å². The molecule has 1 heterocycles. The molecular weight excluding hydrogens is 316 g/mol. The zero-order valence-corrected chi connectivity index (χ0v) is 14.1. The Morgan fingerprint density at radius 2 is 2.15 bits per heavy atom. The Hall–Kier alpha value is -0.270. The third-order valence-corrected chi connectivity index (χ3v) is 6.29. The Morgan fingerprint density at radius 3 is 2.70 bits per heavy atom. The van der Waals surface area contributed by atoms with Crippen LogP contribution in [0.25, 0.3) is 0 Å². The van der Waals surface area contributed by atoms with E-state index < -0.39 is 10.0 Å². The summed E-state index contributed by atoms with van der Waals surface area (Å²) in [4.78, 5) is 1.34. The second-order valence-corrected chi connectivity index (χ2v) is 7.71. The van der Waals surface area contributed by atoms with E-state index in [-0.39, 0.29) is 24.4 Å². The van der Waals surface area contributed by atoms with Crippen molar-refractivity contribution < 1.29 is 8.42 Å². The molecule has 0 radical (unpaired) electrons. The van der Waals surface area contributed by atoms with Gasteiger partial charge in [0, 0.05) is 17.5 Å². The predicted octanol–water partition coefficient (Wildman–Crippen LogP) is 2.19. The van der Waals surface area contributed by atoms with Crippen molar-refractivity contribution in [2.75, 3.05) is 19.3 Å². The Kier molecular flexibility index (Phi) is 6.34. The Morgan fingerprint density at radius 1 is 1.45 bits per heavy atom. The van der Waals surface area contributed by atoms with Gasteiger partial charge < -0.3 is 5.73 Å². The van der Waals surface area contributed by atoms with Crippen LogP contribution in [0.15, 0.2) is 34.1 Å². The first-order chi connectivity index (χ1) is 8.98. The SMILES string of the molecule is CSc1cccc(S(=O)(=O)N2CC(CN)CC2C)c1.Cl. The summed E-state index contributed by atoms with van der Waals surface area (Å²) < 4.78 is 26.9. The van der Waals surface area contributed by atoms with Crippen molar-refractivity contribution in [2.24, 2.45) is 11.7 Å². The van der Waals surface area contributed by atoms with Gasteiger partial charge in [0.25, 0.3) is 0 Å². The van der Waals surface area contributed by atoms with Gasteiger partial charge in [0.15, 0.2) is 0 Å². The standard InChI is InChI=1S/C13H20N2O2S2.ClH/c1-10-6-11(8-14)9-15(10)19(16,17)13-5-3-4-12(7-13)18-2;/h3-5,7,10-11H,6,8-9,14H2,1-2H3;1H. The van der Waals surface area contributed by atoms with E-state index in [2.05, 4.69) is 0 Å². The maximum absolute atomic E-state index is 12.7. The van der Waals surface area contributed by atoms with Crippen molar-refractivity contribution in [1.82, 2.24) is 4.31 Å². The number of hydrogen-bond acceptors (Lipinski definition) is 4. The molecule has 1 aromatic carbocycles. The fourth-order valence-corrected chi connectivity index (χ4v) is 4.81. The summed E-state index contributed by atoms with van der Waals surface area (Å²) in [5.41, 5.74) is 5.66. The molecule has 0 aromatic heterocycles. The van der Waals surface area contributed by atoms with Crippen LogP contribution in [0.3, 0.4) is 0 Å². The highest BCUT2D eigenvalue weighted by Gasteiger charge is 2.37. The maximum Gasteiger partial charge on any atom is 0.243 e. The van der Waals surface area contributed by atoms with Gasteiger partial charge in [-0.3, -0.25) is 0 Å². The minimum Gasteiger partial charge on any atom is -0.330 e. The zero-order valence-electron chi connectivity index (χ0n) is 11.7.